The zero-order valence-corrected chi connectivity index (χ0v) is 18.1. The van der Waals surface area contributed by atoms with Gasteiger partial charge in [0.25, 0.3) is 5.56 Å². The lowest BCUT2D eigenvalue weighted by Gasteiger charge is -1.99. The number of fused-ring (bicyclic) bond motifs is 1. The fourth-order valence-electron chi connectivity index (χ4n) is 3.28. The minimum absolute atomic E-state index is 0.0134. The van der Waals surface area contributed by atoms with Crippen molar-refractivity contribution in [1.29, 1.82) is 0 Å². The molecule has 0 unspecified atom stereocenters. The van der Waals surface area contributed by atoms with Crippen LogP contribution in [-0.2, 0) is 0 Å². The zero-order chi connectivity index (χ0) is 22.2. The molecule has 0 aliphatic rings. The number of furan rings is 1. The molecule has 0 aliphatic carbocycles. The first-order valence-corrected chi connectivity index (χ1v) is 10.6. The van der Waals surface area contributed by atoms with Crippen LogP contribution in [0.4, 0.5) is 0 Å². The van der Waals surface area contributed by atoms with Gasteiger partial charge < -0.3 is 9.15 Å². The first kappa shape index (κ1) is 19.9. The Morgan fingerprint density at radius 2 is 1.75 bits per heavy atom. The number of aromatic nitrogens is 3. The number of rotatable bonds is 5. The Labute approximate surface area is 186 Å². The van der Waals surface area contributed by atoms with Crippen molar-refractivity contribution in [3.8, 4) is 28.5 Å². The third-order valence-corrected chi connectivity index (χ3v) is 5.97. The van der Waals surface area contributed by atoms with Crippen LogP contribution in [0.1, 0.15) is 23.0 Å². The second kappa shape index (κ2) is 7.90. The van der Waals surface area contributed by atoms with Gasteiger partial charge in [-0.15, -0.1) is 5.10 Å². The number of carbonyl (C=O) groups is 1. The van der Waals surface area contributed by atoms with Crippen molar-refractivity contribution < 1.29 is 13.9 Å². The van der Waals surface area contributed by atoms with Crippen molar-refractivity contribution in [2.24, 2.45) is 0 Å². The molecule has 0 saturated heterocycles. The molecule has 8 heteroatoms. The van der Waals surface area contributed by atoms with E-state index in [1.165, 1.54) is 22.8 Å². The van der Waals surface area contributed by atoms with Crippen LogP contribution < -0.4 is 14.8 Å². The van der Waals surface area contributed by atoms with E-state index in [0.29, 0.717) is 32.4 Å². The Kier molecular flexibility index (Phi) is 4.91. The molecule has 7 nitrogen and oxygen atoms in total. The number of benzene rings is 2. The van der Waals surface area contributed by atoms with Gasteiger partial charge in [-0.2, -0.15) is 9.50 Å². The van der Waals surface area contributed by atoms with Crippen molar-refractivity contribution in [3.05, 3.63) is 86.9 Å². The predicted octanol–water partition coefficient (Wildman–Crippen LogP) is 3.84. The van der Waals surface area contributed by atoms with Gasteiger partial charge in [-0.25, -0.2) is 0 Å². The van der Waals surface area contributed by atoms with Crippen molar-refractivity contribution in [2.75, 3.05) is 7.11 Å². The lowest BCUT2D eigenvalue weighted by molar-refractivity contribution is 0.101. The van der Waals surface area contributed by atoms with Gasteiger partial charge >= 0.3 is 0 Å². The summed E-state index contributed by atoms with van der Waals surface area (Å²) in [6.07, 6.45) is 1.68. The minimum atomic E-state index is -0.249. The third-order valence-electron chi connectivity index (χ3n) is 5.01. The molecule has 3 heterocycles. The van der Waals surface area contributed by atoms with Crippen LogP contribution in [0.3, 0.4) is 0 Å². The molecule has 0 amide bonds. The highest BCUT2D eigenvalue weighted by atomic mass is 32.1. The fourth-order valence-corrected chi connectivity index (χ4v) is 4.17. The first-order chi connectivity index (χ1) is 15.5. The van der Waals surface area contributed by atoms with Gasteiger partial charge in [0.1, 0.15) is 21.8 Å². The lowest BCUT2D eigenvalue weighted by atomic mass is 10.1. The number of thiazole rings is 1. The van der Waals surface area contributed by atoms with Gasteiger partial charge in [-0.1, -0.05) is 35.6 Å². The van der Waals surface area contributed by atoms with Gasteiger partial charge in [-0.3, -0.25) is 9.59 Å². The van der Waals surface area contributed by atoms with E-state index in [-0.39, 0.29) is 11.3 Å². The molecule has 0 atom stereocenters. The SMILES string of the molecule is COc1ccc(-c2nc3sc(=Cc4ccc(-c5ccc(C(C)=O)cc5)o4)c(=O)n3n2)cc1. The average Bonchev–Trinajstić information content (AvgIpc) is 3.51. The van der Waals surface area contributed by atoms with E-state index in [1.807, 2.05) is 42.5 Å². The summed E-state index contributed by atoms with van der Waals surface area (Å²) in [4.78, 5) is 29.2. The average molecular weight is 443 g/mol. The summed E-state index contributed by atoms with van der Waals surface area (Å²) >= 11 is 1.25. The van der Waals surface area contributed by atoms with Crippen LogP contribution in [-0.4, -0.2) is 27.5 Å². The Balaban J connectivity index is 1.45. The molecule has 32 heavy (non-hydrogen) atoms. The Morgan fingerprint density at radius 1 is 1.03 bits per heavy atom. The van der Waals surface area contributed by atoms with Gasteiger partial charge in [0.05, 0.1) is 7.11 Å². The van der Waals surface area contributed by atoms with E-state index >= 15 is 0 Å². The molecule has 5 aromatic rings. The molecule has 0 N–H and O–H groups in total. The Bertz CT molecular complexity index is 1540. The van der Waals surface area contributed by atoms with Crippen molar-refractivity contribution in [1.82, 2.24) is 14.6 Å². The van der Waals surface area contributed by atoms with Gasteiger partial charge in [0.15, 0.2) is 11.6 Å². The van der Waals surface area contributed by atoms with Gasteiger partial charge in [0.2, 0.25) is 4.96 Å². The summed E-state index contributed by atoms with van der Waals surface area (Å²) < 4.78 is 12.8. The number of hydrogen-bond acceptors (Lipinski definition) is 7. The van der Waals surface area contributed by atoms with Crippen LogP contribution in [0.5, 0.6) is 5.75 Å². The third kappa shape index (κ3) is 3.61. The molecule has 0 saturated carbocycles. The number of methoxy groups -OCH3 is 1. The summed E-state index contributed by atoms with van der Waals surface area (Å²) in [5, 5.41) is 4.36. The second-order valence-corrected chi connectivity index (χ2v) is 8.12. The molecule has 158 valence electrons. The van der Waals surface area contributed by atoms with E-state index in [9.17, 15) is 9.59 Å². The highest BCUT2D eigenvalue weighted by Crippen LogP contribution is 2.23. The molecule has 0 aliphatic heterocycles. The van der Waals surface area contributed by atoms with Crippen LogP contribution in [0.25, 0.3) is 33.7 Å². The minimum Gasteiger partial charge on any atom is -0.497 e. The molecule has 5 rings (SSSR count). The summed E-state index contributed by atoms with van der Waals surface area (Å²) in [5.74, 6) is 2.44. The van der Waals surface area contributed by atoms with Crippen molar-refractivity contribution in [2.45, 2.75) is 6.92 Å². The van der Waals surface area contributed by atoms with E-state index in [4.69, 9.17) is 9.15 Å². The number of Topliss-reactive ketones (excluding diaryl/α,β-unsaturated/α-hetero) is 1. The second-order valence-electron chi connectivity index (χ2n) is 7.11. The van der Waals surface area contributed by atoms with Crippen molar-refractivity contribution in [3.63, 3.8) is 0 Å². The molecular formula is C24H17N3O4S. The van der Waals surface area contributed by atoms with E-state index in [1.54, 1.807) is 31.4 Å². The monoisotopic (exact) mass is 443 g/mol. The van der Waals surface area contributed by atoms with E-state index < -0.39 is 0 Å². The maximum atomic E-state index is 12.8. The van der Waals surface area contributed by atoms with Crippen LogP contribution in [0, 0.1) is 0 Å². The number of ether oxygens (including phenoxy) is 1. The van der Waals surface area contributed by atoms with Gasteiger partial charge in [-0.05, 0) is 43.3 Å². The molecule has 0 fully saturated rings. The number of hydrogen-bond donors (Lipinski definition) is 0. The summed E-state index contributed by atoms with van der Waals surface area (Å²) in [6.45, 7) is 1.53. The molecular weight excluding hydrogens is 426 g/mol. The number of carbonyl (C=O) groups excluding carboxylic acids is 1. The maximum Gasteiger partial charge on any atom is 0.291 e. The number of ketones is 1. The summed E-state index contributed by atoms with van der Waals surface area (Å²) in [6, 6.07) is 18.2. The fraction of sp³-hybridized carbons (Fsp3) is 0.0833. The lowest BCUT2D eigenvalue weighted by Crippen LogP contribution is -2.23. The summed E-state index contributed by atoms with van der Waals surface area (Å²) in [5.41, 5.74) is 2.05. The number of nitrogens with zero attached hydrogens (tertiary/aromatic N) is 3. The van der Waals surface area contributed by atoms with Crippen LogP contribution in [0.15, 0.2) is 69.9 Å². The quantitative estimate of drug-likeness (QED) is 0.384. The molecule has 0 bridgehead atoms. The molecule has 0 radical (unpaired) electrons. The smallest absolute Gasteiger partial charge is 0.291 e. The highest BCUT2D eigenvalue weighted by molar-refractivity contribution is 7.15. The first-order valence-electron chi connectivity index (χ1n) is 9.79. The Morgan fingerprint density at radius 3 is 2.41 bits per heavy atom. The van der Waals surface area contributed by atoms with E-state index in [2.05, 4.69) is 10.1 Å². The highest BCUT2D eigenvalue weighted by Gasteiger charge is 2.13. The zero-order valence-electron chi connectivity index (χ0n) is 17.2. The van der Waals surface area contributed by atoms with Crippen LogP contribution >= 0.6 is 11.3 Å². The molecule has 0 spiro atoms. The molecule has 2 aromatic carbocycles. The largest absolute Gasteiger partial charge is 0.497 e. The maximum absolute atomic E-state index is 12.8. The van der Waals surface area contributed by atoms with Crippen LogP contribution in [0.2, 0.25) is 0 Å². The molecule has 3 aromatic heterocycles. The Hall–Kier alpha value is -4.04. The topological polar surface area (TPSA) is 86.7 Å². The standard InChI is InChI=1S/C24H17N3O4S/c1-14(28)15-3-5-16(6-4-15)20-12-11-19(31-20)13-21-23(29)27-24(32-21)25-22(26-27)17-7-9-18(30-2)10-8-17/h3-13H,1-2H3. The van der Waals surface area contributed by atoms with Crippen molar-refractivity contribution >= 4 is 28.2 Å². The summed E-state index contributed by atoms with van der Waals surface area (Å²) in [7, 11) is 1.60. The normalized spacial score (nSPS) is 11.9. The van der Waals surface area contributed by atoms with E-state index in [0.717, 1.165) is 16.9 Å². The predicted molar refractivity (Wildman–Crippen MR) is 122 cm³/mol. The van der Waals surface area contributed by atoms with Gasteiger partial charge in [0, 0.05) is 22.8 Å².